The number of unbranched alkanes of at least 4 members (excludes halogenated alkanes) is 1. The van der Waals surface area contributed by atoms with Crippen LogP contribution in [0.4, 0.5) is 11.4 Å². The fourth-order valence-corrected chi connectivity index (χ4v) is 2.39. The quantitative estimate of drug-likeness (QED) is 0.558. The molecule has 0 fully saturated rings. The van der Waals surface area contributed by atoms with E-state index >= 15 is 0 Å². The van der Waals surface area contributed by atoms with Gasteiger partial charge in [-0.3, -0.25) is 9.59 Å². The predicted octanol–water partition coefficient (Wildman–Crippen LogP) is 3.67. The second-order valence-corrected chi connectivity index (χ2v) is 6.05. The van der Waals surface area contributed by atoms with Gasteiger partial charge < -0.3 is 20.7 Å². The Morgan fingerprint density at radius 3 is 2.22 bits per heavy atom. The Labute approximate surface area is 160 Å². The molecule has 6 heteroatoms. The molecule has 2 amide bonds. The molecule has 3 N–H and O–H groups in total. The summed E-state index contributed by atoms with van der Waals surface area (Å²) < 4.78 is 5.38. The summed E-state index contributed by atoms with van der Waals surface area (Å²) in [7, 11) is 0. The summed E-state index contributed by atoms with van der Waals surface area (Å²) in [6.45, 7) is 5.51. The molecule has 0 unspecified atom stereocenters. The fraction of sp³-hybridized carbons (Fsp3) is 0.333. The van der Waals surface area contributed by atoms with Gasteiger partial charge in [0.1, 0.15) is 5.75 Å². The largest absolute Gasteiger partial charge is 0.494 e. The molecule has 2 rings (SSSR count). The van der Waals surface area contributed by atoms with E-state index in [2.05, 4.69) is 22.9 Å². The summed E-state index contributed by atoms with van der Waals surface area (Å²) in [5, 5.41) is 8.74. The van der Waals surface area contributed by atoms with Crippen LogP contribution in [-0.4, -0.2) is 31.5 Å². The first-order valence-electron chi connectivity index (χ1n) is 9.27. The molecule has 0 heterocycles. The lowest BCUT2D eigenvalue weighted by Crippen LogP contribution is -2.30. The lowest BCUT2D eigenvalue weighted by molar-refractivity contribution is -0.119. The summed E-state index contributed by atoms with van der Waals surface area (Å²) >= 11 is 0. The summed E-state index contributed by atoms with van der Waals surface area (Å²) in [5.74, 6) is 0.536. The second-order valence-electron chi connectivity index (χ2n) is 6.05. The average molecular weight is 369 g/mol. The molecule has 2 aromatic carbocycles. The van der Waals surface area contributed by atoms with Crippen LogP contribution in [0.25, 0.3) is 0 Å². The van der Waals surface area contributed by atoms with Crippen molar-refractivity contribution in [3.63, 3.8) is 0 Å². The highest BCUT2D eigenvalue weighted by atomic mass is 16.5. The van der Waals surface area contributed by atoms with Gasteiger partial charge in [0.25, 0.3) is 5.91 Å². The summed E-state index contributed by atoms with van der Waals surface area (Å²) in [5.41, 5.74) is 2.04. The number of anilines is 2. The zero-order chi connectivity index (χ0) is 19.5. The van der Waals surface area contributed by atoms with Crippen LogP contribution in [0.3, 0.4) is 0 Å². The van der Waals surface area contributed by atoms with Crippen molar-refractivity contribution in [1.82, 2.24) is 5.32 Å². The van der Waals surface area contributed by atoms with Gasteiger partial charge in [-0.25, -0.2) is 0 Å². The number of hydrogen-bond acceptors (Lipinski definition) is 4. The molecule has 0 radical (unpaired) electrons. The Morgan fingerprint density at radius 1 is 0.926 bits per heavy atom. The number of carbonyl (C=O) groups excluding carboxylic acids is 2. The molecular formula is C21H27N3O3. The first kappa shape index (κ1) is 20.3. The minimum Gasteiger partial charge on any atom is -0.494 e. The molecule has 0 saturated heterocycles. The molecule has 0 aliphatic rings. The van der Waals surface area contributed by atoms with E-state index in [1.54, 1.807) is 36.4 Å². The first-order valence-corrected chi connectivity index (χ1v) is 9.27. The first-order chi connectivity index (χ1) is 13.1. The molecule has 0 atom stereocenters. The monoisotopic (exact) mass is 369 g/mol. The summed E-state index contributed by atoms with van der Waals surface area (Å²) in [4.78, 5) is 24.0. The number of nitrogens with one attached hydrogen (secondary N) is 3. The van der Waals surface area contributed by atoms with E-state index in [1.165, 1.54) is 0 Å². The minimum atomic E-state index is -0.192. The zero-order valence-electron chi connectivity index (χ0n) is 15.9. The van der Waals surface area contributed by atoms with Gasteiger partial charge in [-0.2, -0.15) is 0 Å². The van der Waals surface area contributed by atoms with Crippen LogP contribution in [0.2, 0.25) is 0 Å². The molecule has 0 spiro atoms. The topological polar surface area (TPSA) is 79.5 Å². The number of benzene rings is 2. The van der Waals surface area contributed by atoms with Gasteiger partial charge in [-0.05, 0) is 61.9 Å². The predicted molar refractivity (Wildman–Crippen MR) is 108 cm³/mol. The highest BCUT2D eigenvalue weighted by Crippen LogP contribution is 2.17. The number of hydrogen-bond donors (Lipinski definition) is 3. The van der Waals surface area contributed by atoms with Crippen molar-refractivity contribution in [1.29, 1.82) is 0 Å². The van der Waals surface area contributed by atoms with Gasteiger partial charge in [0.15, 0.2) is 0 Å². The van der Waals surface area contributed by atoms with E-state index in [0.717, 1.165) is 24.3 Å². The molecule has 27 heavy (non-hydrogen) atoms. The third kappa shape index (κ3) is 7.01. The normalized spacial score (nSPS) is 10.1. The van der Waals surface area contributed by atoms with Crippen LogP contribution in [-0.2, 0) is 4.79 Å². The molecule has 0 bridgehead atoms. The van der Waals surface area contributed by atoms with Crippen LogP contribution in [0.5, 0.6) is 5.75 Å². The fourth-order valence-electron chi connectivity index (χ4n) is 2.39. The molecule has 0 aliphatic carbocycles. The standard InChI is InChI=1S/C21H27N3O3/c1-3-5-14-22-20(25)15-23-17-8-6-16(7-9-17)21(26)24-18-10-12-19(13-11-18)27-4-2/h6-13,23H,3-5,14-15H2,1-2H3,(H,22,25)(H,24,26). The number of rotatable bonds is 10. The number of ether oxygens (including phenoxy) is 1. The van der Waals surface area contributed by atoms with Gasteiger partial charge in [-0.1, -0.05) is 13.3 Å². The molecule has 6 nitrogen and oxygen atoms in total. The van der Waals surface area contributed by atoms with Crippen molar-refractivity contribution < 1.29 is 14.3 Å². The van der Waals surface area contributed by atoms with Crippen molar-refractivity contribution in [3.8, 4) is 5.75 Å². The molecule has 2 aromatic rings. The molecule has 144 valence electrons. The zero-order valence-corrected chi connectivity index (χ0v) is 15.9. The molecule has 0 aliphatic heterocycles. The second kappa shape index (κ2) is 10.9. The van der Waals surface area contributed by atoms with Gasteiger partial charge in [0.05, 0.1) is 13.2 Å². The van der Waals surface area contributed by atoms with Crippen LogP contribution in [0, 0.1) is 0 Å². The smallest absolute Gasteiger partial charge is 0.255 e. The Kier molecular flexibility index (Phi) is 8.16. The highest BCUT2D eigenvalue weighted by Gasteiger charge is 2.07. The molecular weight excluding hydrogens is 342 g/mol. The third-order valence-corrected chi connectivity index (χ3v) is 3.88. The van der Waals surface area contributed by atoms with Crippen molar-refractivity contribution >= 4 is 23.2 Å². The maximum Gasteiger partial charge on any atom is 0.255 e. The van der Waals surface area contributed by atoms with E-state index in [-0.39, 0.29) is 18.4 Å². The lowest BCUT2D eigenvalue weighted by atomic mass is 10.2. The number of carbonyl (C=O) groups is 2. The van der Waals surface area contributed by atoms with Crippen LogP contribution in [0.15, 0.2) is 48.5 Å². The highest BCUT2D eigenvalue weighted by molar-refractivity contribution is 6.04. The Bertz CT molecular complexity index is 727. The van der Waals surface area contributed by atoms with Gasteiger partial charge >= 0.3 is 0 Å². The molecule has 0 aromatic heterocycles. The van der Waals surface area contributed by atoms with Crippen molar-refractivity contribution in [3.05, 3.63) is 54.1 Å². The minimum absolute atomic E-state index is 0.0410. The Morgan fingerprint density at radius 2 is 1.59 bits per heavy atom. The average Bonchev–Trinajstić information content (AvgIpc) is 2.69. The lowest BCUT2D eigenvalue weighted by Gasteiger charge is -2.09. The summed E-state index contributed by atoms with van der Waals surface area (Å²) in [6, 6.07) is 14.3. The van der Waals surface area contributed by atoms with Crippen LogP contribution in [0.1, 0.15) is 37.0 Å². The van der Waals surface area contributed by atoms with E-state index in [0.29, 0.717) is 24.4 Å². The van der Waals surface area contributed by atoms with Gasteiger partial charge in [0.2, 0.25) is 5.91 Å². The van der Waals surface area contributed by atoms with Gasteiger partial charge in [0, 0.05) is 23.5 Å². The maximum absolute atomic E-state index is 12.3. The Balaban J connectivity index is 1.83. The number of amides is 2. The van der Waals surface area contributed by atoms with Gasteiger partial charge in [-0.15, -0.1) is 0 Å². The third-order valence-electron chi connectivity index (χ3n) is 3.88. The van der Waals surface area contributed by atoms with Crippen molar-refractivity contribution in [2.45, 2.75) is 26.7 Å². The Hall–Kier alpha value is -3.02. The SMILES string of the molecule is CCCCNC(=O)CNc1ccc(C(=O)Nc2ccc(OCC)cc2)cc1. The summed E-state index contributed by atoms with van der Waals surface area (Å²) in [6.07, 6.45) is 2.03. The van der Waals surface area contributed by atoms with E-state index < -0.39 is 0 Å². The van der Waals surface area contributed by atoms with E-state index in [9.17, 15) is 9.59 Å². The van der Waals surface area contributed by atoms with E-state index in [4.69, 9.17) is 4.74 Å². The van der Waals surface area contributed by atoms with Crippen molar-refractivity contribution in [2.75, 3.05) is 30.3 Å². The molecule has 0 saturated carbocycles. The van der Waals surface area contributed by atoms with Crippen molar-refractivity contribution in [2.24, 2.45) is 0 Å². The van der Waals surface area contributed by atoms with E-state index in [1.807, 2.05) is 19.1 Å². The van der Waals surface area contributed by atoms with Crippen LogP contribution < -0.4 is 20.7 Å². The maximum atomic E-state index is 12.3. The van der Waals surface area contributed by atoms with Crippen LogP contribution >= 0.6 is 0 Å².